The summed E-state index contributed by atoms with van der Waals surface area (Å²) < 4.78 is 18.4. The van der Waals surface area contributed by atoms with Crippen molar-refractivity contribution in [3.8, 4) is 0 Å². The lowest BCUT2D eigenvalue weighted by atomic mass is 10.2. The summed E-state index contributed by atoms with van der Waals surface area (Å²) in [7, 11) is 2.99. The van der Waals surface area contributed by atoms with Gasteiger partial charge in [-0.05, 0) is 29.8 Å². The number of hydrogen-bond donors (Lipinski definition) is 0. The number of fused-ring (bicyclic) bond motifs is 1. The van der Waals surface area contributed by atoms with Gasteiger partial charge in [0, 0.05) is 35.5 Å². The van der Waals surface area contributed by atoms with Crippen molar-refractivity contribution in [2.75, 3.05) is 0 Å². The number of benzene rings is 2. The molecule has 0 atom stereocenters. The van der Waals surface area contributed by atoms with Gasteiger partial charge in [0.1, 0.15) is 5.82 Å². The Hall–Kier alpha value is -2.55. The summed E-state index contributed by atoms with van der Waals surface area (Å²) in [5.74, 6) is -0.201. The summed E-state index contributed by atoms with van der Waals surface area (Å²) in [6, 6.07) is 11.7. The molecule has 0 saturated heterocycles. The van der Waals surface area contributed by atoms with Crippen molar-refractivity contribution < 1.29 is 4.39 Å². The Morgan fingerprint density at radius 2 is 1.74 bits per heavy atom. The van der Waals surface area contributed by atoms with Crippen LogP contribution < -0.4 is 11.2 Å². The molecule has 0 fully saturated rings. The van der Waals surface area contributed by atoms with Gasteiger partial charge >= 0.3 is 5.69 Å². The van der Waals surface area contributed by atoms with Gasteiger partial charge in [0.15, 0.2) is 16.3 Å². The van der Waals surface area contributed by atoms with E-state index in [0.717, 1.165) is 10.1 Å². The average molecular weight is 479 g/mol. The summed E-state index contributed by atoms with van der Waals surface area (Å²) >= 11 is 13.4. The number of hydrogen-bond acceptors (Lipinski definition) is 4. The van der Waals surface area contributed by atoms with E-state index in [1.165, 1.54) is 29.4 Å². The van der Waals surface area contributed by atoms with Gasteiger partial charge in [-0.3, -0.25) is 13.9 Å². The van der Waals surface area contributed by atoms with Gasteiger partial charge in [0.2, 0.25) is 0 Å². The fraction of sp³-hybridized carbons (Fsp3) is 0.190. The highest BCUT2D eigenvalue weighted by Crippen LogP contribution is 2.30. The predicted octanol–water partition coefficient (Wildman–Crippen LogP) is 4.22. The van der Waals surface area contributed by atoms with Crippen LogP contribution in [0, 0.1) is 5.82 Å². The van der Waals surface area contributed by atoms with Crippen LogP contribution in [-0.2, 0) is 26.4 Å². The summed E-state index contributed by atoms with van der Waals surface area (Å²) in [5.41, 5.74) is 0.884. The van der Waals surface area contributed by atoms with E-state index in [1.807, 2.05) is 12.1 Å². The van der Waals surface area contributed by atoms with Crippen LogP contribution >= 0.6 is 35.0 Å². The lowest BCUT2D eigenvalue weighted by Crippen LogP contribution is -2.37. The van der Waals surface area contributed by atoms with Crippen LogP contribution in [0.1, 0.15) is 11.1 Å². The molecule has 2 aromatic heterocycles. The Labute approximate surface area is 190 Å². The maximum Gasteiger partial charge on any atom is 0.332 e. The van der Waals surface area contributed by atoms with Gasteiger partial charge in [-0.1, -0.05) is 53.2 Å². The molecular weight excluding hydrogens is 462 g/mol. The molecule has 4 aromatic rings. The zero-order chi connectivity index (χ0) is 22.3. The number of rotatable bonds is 5. The van der Waals surface area contributed by atoms with E-state index in [4.69, 9.17) is 23.2 Å². The number of thioether (sulfide) groups is 1. The second-order valence-corrected chi connectivity index (χ2v) is 8.76. The first-order valence-corrected chi connectivity index (χ1v) is 11.0. The smallest absolute Gasteiger partial charge is 0.309 e. The topological polar surface area (TPSA) is 61.8 Å². The molecule has 0 unspecified atom stereocenters. The maximum atomic E-state index is 14.2. The molecule has 0 saturated carbocycles. The van der Waals surface area contributed by atoms with Gasteiger partial charge in [-0.25, -0.2) is 14.2 Å². The Morgan fingerprint density at radius 1 is 1.03 bits per heavy atom. The second kappa shape index (κ2) is 8.53. The third kappa shape index (κ3) is 4.03. The monoisotopic (exact) mass is 478 g/mol. The van der Waals surface area contributed by atoms with E-state index in [9.17, 15) is 14.0 Å². The van der Waals surface area contributed by atoms with E-state index in [1.54, 1.807) is 35.9 Å². The van der Waals surface area contributed by atoms with E-state index in [2.05, 4.69) is 4.98 Å². The van der Waals surface area contributed by atoms with Gasteiger partial charge in [-0.2, -0.15) is 0 Å². The van der Waals surface area contributed by atoms with Crippen molar-refractivity contribution in [2.45, 2.75) is 17.5 Å². The van der Waals surface area contributed by atoms with E-state index in [-0.39, 0.29) is 11.4 Å². The SMILES string of the molecule is Cn1c(=O)c2c(nc(SCc3c(F)cccc3Cl)n2Cc2ccc(Cl)cc2)n(C)c1=O. The molecular formula is C21H17Cl2FN4O2S. The van der Waals surface area contributed by atoms with Crippen LogP contribution in [0.3, 0.4) is 0 Å². The quantitative estimate of drug-likeness (QED) is 0.403. The number of aryl methyl sites for hydroxylation is 1. The Balaban J connectivity index is 1.86. The average Bonchev–Trinajstić information content (AvgIpc) is 3.10. The molecule has 4 rings (SSSR count). The van der Waals surface area contributed by atoms with Crippen LogP contribution in [0.5, 0.6) is 0 Å². The molecule has 160 valence electrons. The minimum absolute atomic E-state index is 0.212. The molecule has 0 amide bonds. The van der Waals surface area contributed by atoms with Gasteiger partial charge < -0.3 is 4.57 Å². The number of aromatic nitrogens is 4. The zero-order valence-electron chi connectivity index (χ0n) is 16.6. The minimum Gasteiger partial charge on any atom is -0.309 e. The highest BCUT2D eigenvalue weighted by atomic mass is 35.5. The number of imidazole rings is 1. The highest BCUT2D eigenvalue weighted by molar-refractivity contribution is 7.98. The van der Waals surface area contributed by atoms with Crippen LogP contribution in [-0.4, -0.2) is 18.7 Å². The molecule has 31 heavy (non-hydrogen) atoms. The molecule has 0 spiro atoms. The summed E-state index contributed by atoms with van der Waals surface area (Å²) in [6.07, 6.45) is 0. The van der Waals surface area contributed by atoms with Crippen molar-refractivity contribution in [3.05, 3.63) is 90.3 Å². The third-order valence-corrected chi connectivity index (χ3v) is 6.58. The van der Waals surface area contributed by atoms with Crippen molar-refractivity contribution in [2.24, 2.45) is 14.1 Å². The van der Waals surface area contributed by atoms with Crippen LogP contribution in [0.15, 0.2) is 57.2 Å². The fourth-order valence-electron chi connectivity index (χ4n) is 3.26. The first-order chi connectivity index (χ1) is 14.8. The molecule has 0 radical (unpaired) electrons. The summed E-state index contributed by atoms with van der Waals surface area (Å²) in [4.78, 5) is 29.9. The maximum absolute atomic E-state index is 14.2. The Kier molecular flexibility index (Phi) is 5.96. The first-order valence-electron chi connectivity index (χ1n) is 9.24. The lowest BCUT2D eigenvalue weighted by Gasteiger charge is -2.10. The van der Waals surface area contributed by atoms with Crippen molar-refractivity contribution in [1.82, 2.24) is 18.7 Å². The highest BCUT2D eigenvalue weighted by Gasteiger charge is 2.20. The van der Waals surface area contributed by atoms with E-state index >= 15 is 0 Å². The zero-order valence-corrected chi connectivity index (χ0v) is 18.9. The molecule has 0 aliphatic heterocycles. The molecule has 2 heterocycles. The van der Waals surface area contributed by atoms with Gasteiger partial charge in [-0.15, -0.1) is 0 Å². The Bertz CT molecular complexity index is 1390. The minimum atomic E-state index is -0.470. The normalized spacial score (nSPS) is 11.4. The summed E-state index contributed by atoms with van der Waals surface area (Å²) in [6.45, 7) is 0.328. The molecule has 0 bridgehead atoms. The van der Waals surface area contributed by atoms with Crippen molar-refractivity contribution in [1.29, 1.82) is 0 Å². The second-order valence-electron chi connectivity index (χ2n) is 6.97. The van der Waals surface area contributed by atoms with E-state index < -0.39 is 17.1 Å². The first kappa shape index (κ1) is 21.7. The van der Waals surface area contributed by atoms with Crippen LogP contribution in [0.4, 0.5) is 4.39 Å². The molecule has 10 heteroatoms. The van der Waals surface area contributed by atoms with Crippen LogP contribution in [0.25, 0.3) is 11.2 Å². The third-order valence-electron chi connectivity index (χ3n) is 4.97. The molecule has 6 nitrogen and oxygen atoms in total. The van der Waals surface area contributed by atoms with Gasteiger partial charge in [0.05, 0.1) is 6.54 Å². The number of nitrogens with zero attached hydrogens (tertiary/aromatic N) is 4. The summed E-state index contributed by atoms with van der Waals surface area (Å²) in [5, 5.41) is 1.39. The standard InChI is InChI=1S/C21H17Cl2FN4O2S/c1-26-18-17(19(29)27(2)21(26)30)28(10-12-6-8-13(22)9-7-12)20(25-18)31-11-14-15(23)4-3-5-16(14)24/h3-9H,10-11H2,1-2H3. The molecule has 0 N–H and O–H groups in total. The fourth-order valence-corrected chi connectivity index (χ4v) is 4.73. The van der Waals surface area contributed by atoms with Crippen LogP contribution in [0.2, 0.25) is 10.0 Å². The number of halogens is 3. The van der Waals surface area contributed by atoms with Crippen molar-refractivity contribution >= 4 is 46.1 Å². The van der Waals surface area contributed by atoms with E-state index in [0.29, 0.717) is 32.8 Å². The Morgan fingerprint density at radius 3 is 2.42 bits per heavy atom. The molecule has 0 aliphatic carbocycles. The van der Waals surface area contributed by atoms with Crippen molar-refractivity contribution in [3.63, 3.8) is 0 Å². The molecule has 0 aliphatic rings. The largest absolute Gasteiger partial charge is 0.332 e. The van der Waals surface area contributed by atoms with Gasteiger partial charge in [0.25, 0.3) is 5.56 Å². The molecule has 2 aromatic carbocycles. The predicted molar refractivity (Wildman–Crippen MR) is 122 cm³/mol. The lowest BCUT2D eigenvalue weighted by molar-refractivity contribution is 0.617.